The second kappa shape index (κ2) is 7.96. The average Bonchev–Trinajstić information content (AvgIpc) is 3.43. The van der Waals surface area contributed by atoms with E-state index in [1.54, 1.807) is 4.68 Å². The molecule has 0 bridgehead atoms. The Labute approximate surface area is 178 Å². The second-order valence-corrected chi connectivity index (χ2v) is 9.36. The van der Waals surface area contributed by atoms with Crippen molar-refractivity contribution in [1.29, 1.82) is 0 Å². The molecular weight excluding hydrogens is 382 g/mol. The minimum Gasteiger partial charge on any atom is -0.379 e. The standard InChI is InChI=1S/C22H33N5O3/c1-24-19(17-4-2-3-5-18(17)23-24)20(28)27-9-7-22(16-27)6-8-26(21(22)29)11-10-25-12-14-30-15-13-25/h2-16H2,1H3. The molecule has 2 amide bonds. The van der Waals surface area contributed by atoms with Gasteiger partial charge in [-0.1, -0.05) is 0 Å². The van der Waals surface area contributed by atoms with Crippen LogP contribution in [0.2, 0.25) is 0 Å². The number of likely N-dealkylation sites (tertiary alicyclic amines) is 2. The van der Waals surface area contributed by atoms with Crippen molar-refractivity contribution >= 4 is 11.8 Å². The molecule has 0 radical (unpaired) electrons. The van der Waals surface area contributed by atoms with E-state index >= 15 is 0 Å². The molecule has 4 heterocycles. The molecule has 8 nitrogen and oxygen atoms in total. The first-order valence-corrected chi connectivity index (χ1v) is 11.5. The maximum absolute atomic E-state index is 13.4. The van der Waals surface area contributed by atoms with E-state index in [1.165, 1.54) is 0 Å². The Balaban J connectivity index is 1.24. The lowest BCUT2D eigenvalue weighted by Crippen LogP contribution is -2.44. The molecule has 3 saturated heterocycles. The fourth-order valence-corrected chi connectivity index (χ4v) is 5.72. The van der Waals surface area contributed by atoms with Gasteiger partial charge in [0.1, 0.15) is 5.69 Å². The number of aryl methyl sites for hydroxylation is 2. The van der Waals surface area contributed by atoms with Crippen molar-refractivity contribution in [2.45, 2.75) is 38.5 Å². The van der Waals surface area contributed by atoms with Gasteiger partial charge in [0.25, 0.3) is 5.91 Å². The van der Waals surface area contributed by atoms with Crippen LogP contribution in [0.1, 0.15) is 47.4 Å². The number of carbonyl (C=O) groups excluding carboxylic acids is 2. The average molecular weight is 416 g/mol. The summed E-state index contributed by atoms with van der Waals surface area (Å²) in [6, 6.07) is 0. The molecule has 3 fully saturated rings. The predicted molar refractivity (Wildman–Crippen MR) is 111 cm³/mol. The molecule has 5 rings (SSSR count). The normalized spacial score (nSPS) is 27.3. The van der Waals surface area contributed by atoms with Crippen molar-refractivity contribution in [2.24, 2.45) is 12.5 Å². The summed E-state index contributed by atoms with van der Waals surface area (Å²) in [4.78, 5) is 33.0. The first kappa shape index (κ1) is 20.0. The zero-order valence-electron chi connectivity index (χ0n) is 18.1. The zero-order chi connectivity index (χ0) is 20.7. The predicted octanol–water partition coefficient (Wildman–Crippen LogP) is 0.696. The van der Waals surface area contributed by atoms with E-state index in [4.69, 9.17) is 4.74 Å². The number of ether oxygens (including phenoxy) is 1. The molecular formula is C22H33N5O3. The molecule has 0 aromatic carbocycles. The highest BCUT2D eigenvalue weighted by Gasteiger charge is 2.52. The molecule has 3 aliphatic heterocycles. The largest absolute Gasteiger partial charge is 0.379 e. The molecule has 30 heavy (non-hydrogen) atoms. The lowest BCUT2D eigenvalue weighted by atomic mass is 9.85. The highest BCUT2D eigenvalue weighted by molar-refractivity contribution is 5.96. The fraction of sp³-hybridized carbons (Fsp3) is 0.773. The van der Waals surface area contributed by atoms with Crippen LogP contribution in [-0.4, -0.2) is 95.3 Å². The van der Waals surface area contributed by atoms with Crippen LogP contribution in [0.25, 0.3) is 0 Å². The van der Waals surface area contributed by atoms with Crippen LogP contribution >= 0.6 is 0 Å². The summed E-state index contributed by atoms with van der Waals surface area (Å²) in [6.45, 7) is 7.19. The first-order chi connectivity index (χ1) is 14.6. The molecule has 1 spiro atoms. The number of aromatic nitrogens is 2. The SMILES string of the molecule is Cn1nc2c(c1C(=O)N1CCC3(CCN(CCN4CCOCC4)C3=O)C1)CCCC2. The number of carbonyl (C=O) groups is 2. The van der Waals surface area contributed by atoms with Crippen LogP contribution in [0.3, 0.4) is 0 Å². The van der Waals surface area contributed by atoms with Crippen LogP contribution in [0, 0.1) is 5.41 Å². The Morgan fingerprint density at radius 2 is 1.83 bits per heavy atom. The number of rotatable bonds is 4. The molecule has 0 saturated carbocycles. The van der Waals surface area contributed by atoms with E-state index in [-0.39, 0.29) is 17.2 Å². The first-order valence-electron chi connectivity index (χ1n) is 11.5. The Morgan fingerprint density at radius 3 is 2.67 bits per heavy atom. The van der Waals surface area contributed by atoms with Gasteiger partial charge in [-0.2, -0.15) is 5.10 Å². The van der Waals surface area contributed by atoms with Crippen molar-refractivity contribution in [3.05, 3.63) is 17.0 Å². The van der Waals surface area contributed by atoms with Crippen LogP contribution in [-0.2, 0) is 29.4 Å². The topological polar surface area (TPSA) is 70.9 Å². The summed E-state index contributed by atoms with van der Waals surface area (Å²) in [5.74, 6) is 0.308. The number of hydrogen-bond acceptors (Lipinski definition) is 5. The van der Waals surface area contributed by atoms with Crippen LogP contribution in [0.15, 0.2) is 0 Å². The van der Waals surface area contributed by atoms with Gasteiger partial charge in [0.05, 0.1) is 24.3 Å². The summed E-state index contributed by atoms with van der Waals surface area (Å²) >= 11 is 0. The molecule has 8 heteroatoms. The van der Waals surface area contributed by atoms with E-state index in [0.717, 1.165) is 101 Å². The lowest BCUT2D eigenvalue weighted by molar-refractivity contribution is -0.135. The Morgan fingerprint density at radius 1 is 1.07 bits per heavy atom. The van der Waals surface area contributed by atoms with Gasteiger partial charge >= 0.3 is 0 Å². The van der Waals surface area contributed by atoms with Crippen molar-refractivity contribution in [3.63, 3.8) is 0 Å². The number of nitrogens with zero attached hydrogens (tertiary/aromatic N) is 5. The van der Waals surface area contributed by atoms with Gasteiger partial charge in [0.2, 0.25) is 5.91 Å². The van der Waals surface area contributed by atoms with Crippen LogP contribution in [0.4, 0.5) is 0 Å². The van der Waals surface area contributed by atoms with Gasteiger partial charge in [0, 0.05) is 58.4 Å². The maximum atomic E-state index is 13.4. The summed E-state index contributed by atoms with van der Waals surface area (Å²) in [7, 11) is 1.88. The molecule has 1 atom stereocenters. The second-order valence-electron chi connectivity index (χ2n) is 9.36. The van der Waals surface area contributed by atoms with Gasteiger partial charge < -0.3 is 14.5 Å². The third-order valence-electron chi connectivity index (χ3n) is 7.55. The van der Waals surface area contributed by atoms with Crippen molar-refractivity contribution < 1.29 is 14.3 Å². The Kier molecular flexibility index (Phi) is 5.31. The highest BCUT2D eigenvalue weighted by atomic mass is 16.5. The summed E-state index contributed by atoms with van der Waals surface area (Å²) in [6.07, 6.45) is 5.83. The number of hydrogen-bond donors (Lipinski definition) is 0. The van der Waals surface area contributed by atoms with E-state index in [0.29, 0.717) is 13.1 Å². The smallest absolute Gasteiger partial charge is 0.272 e. The van der Waals surface area contributed by atoms with Gasteiger partial charge in [0.15, 0.2) is 0 Å². The van der Waals surface area contributed by atoms with Crippen molar-refractivity contribution in [1.82, 2.24) is 24.5 Å². The molecule has 164 valence electrons. The lowest BCUT2D eigenvalue weighted by Gasteiger charge is -2.29. The van der Waals surface area contributed by atoms with Crippen LogP contribution in [0.5, 0.6) is 0 Å². The number of fused-ring (bicyclic) bond motifs is 1. The summed E-state index contributed by atoms with van der Waals surface area (Å²) in [5.41, 5.74) is 2.60. The van der Waals surface area contributed by atoms with Crippen molar-refractivity contribution in [3.8, 4) is 0 Å². The molecule has 1 aromatic heterocycles. The molecule has 0 N–H and O–H groups in total. The highest BCUT2D eigenvalue weighted by Crippen LogP contribution is 2.41. The Bertz CT molecular complexity index is 831. The van der Waals surface area contributed by atoms with Gasteiger partial charge in [-0.3, -0.25) is 19.2 Å². The van der Waals surface area contributed by atoms with Crippen LogP contribution < -0.4 is 0 Å². The van der Waals surface area contributed by atoms with Gasteiger partial charge in [-0.05, 0) is 38.5 Å². The maximum Gasteiger partial charge on any atom is 0.272 e. The zero-order valence-corrected chi connectivity index (χ0v) is 18.1. The van der Waals surface area contributed by atoms with Gasteiger partial charge in [-0.15, -0.1) is 0 Å². The number of amides is 2. The fourth-order valence-electron chi connectivity index (χ4n) is 5.72. The summed E-state index contributed by atoms with van der Waals surface area (Å²) in [5, 5.41) is 4.61. The van der Waals surface area contributed by atoms with Crippen molar-refractivity contribution in [2.75, 3.05) is 59.0 Å². The van der Waals surface area contributed by atoms with Gasteiger partial charge in [-0.25, -0.2) is 0 Å². The molecule has 1 unspecified atom stereocenters. The third kappa shape index (κ3) is 3.43. The molecule has 4 aliphatic rings. The van der Waals surface area contributed by atoms with E-state index in [9.17, 15) is 9.59 Å². The summed E-state index contributed by atoms with van der Waals surface area (Å²) < 4.78 is 7.18. The Hall–Kier alpha value is -1.93. The minimum atomic E-state index is -0.376. The number of morpholine rings is 1. The quantitative estimate of drug-likeness (QED) is 0.724. The monoisotopic (exact) mass is 415 g/mol. The molecule has 1 aromatic rings. The van der Waals surface area contributed by atoms with E-state index < -0.39 is 0 Å². The minimum absolute atomic E-state index is 0.0598. The van der Waals surface area contributed by atoms with E-state index in [2.05, 4.69) is 10.00 Å². The third-order valence-corrected chi connectivity index (χ3v) is 7.55. The van der Waals surface area contributed by atoms with E-state index in [1.807, 2.05) is 16.8 Å². The molecule has 1 aliphatic carbocycles.